The number of likely N-dealkylation sites (tertiary alicyclic amines) is 1. The Morgan fingerprint density at radius 2 is 1.89 bits per heavy atom. The Balaban J connectivity index is 1.62. The quantitative estimate of drug-likeness (QED) is 0.368. The van der Waals surface area contributed by atoms with Crippen LogP contribution in [0.5, 0.6) is 5.75 Å². The lowest BCUT2D eigenvalue weighted by Gasteiger charge is -2.38. The fourth-order valence-corrected chi connectivity index (χ4v) is 8.78. The molecule has 0 radical (unpaired) electrons. The van der Waals surface area contributed by atoms with E-state index >= 15 is 0 Å². The number of methoxy groups -OCH3 is 1. The van der Waals surface area contributed by atoms with Gasteiger partial charge in [-0.25, -0.2) is 0 Å². The zero-order valence-corrected chi connectivity index (χ0v) is 22.3. The molecule has 3 fully saturated rings. The van der Waals surface area contributed by atoms with Gasteiger partial charge < -0.3 is 25.4 Å². The van der Waals surface area contributed by atoms with Crippen molar-refractivity contribution in [3.63, 3.8) is 0 Å². The van der Waals surface area contributed by atoms with Gasteiger partial charge in [-0.15, -0.1) is 11.8 Å². The lowest BCUT2D eigenvalue weighted by molar-refractivity contribution is -0.139. The van der Waals surface area contributed by atoms with Crippen LogP contribution in [0.3, 0.4) is 0 Å². The number of unbranched alkanes of at least 4 members (excludes halogenated alkanes) is 3. The lowest BCUT2D eigenvalue weighted by atomic mass is 9.66. The van der Waals surface area contributed by atoms with Crippen LogP contribution in [-0.2, 0) is 14.4 Å². The van der Waals surface area contributed by atoms with Crippen LogP contribution in [0, 0.1) is 17.8 Å². The Morgan fingerprint density at radius 3 is 2.56 bits per heavy atom. The molecule has 6 atom stereocenters. The van der Waals surface area contributed by atoms with Gasteiger partial charge in [-0.2, -0.15) is 0 Å². The maximum Gasteiger partial charge on any atom is 0.248 e. The number of nitrogens with one attached hydrogen (secondary N) is 2. The number of hydrogen-bond acceptors (Lipinski definition) is 6. The van der Waals surface area contributed by atoms with Gasteiger partial charge in [0.15, 0.2) is 0 Å². The molecule has 198 valence electrons. The standard InChI is InChI=1S/C27H39N3O5S/c1-4-13-28-24(32)21-20-16-17(2)27(36-20)22(21)26(34)30(14-7-5-6-8-15-31)23(27)25(33)29-18-9-11-19(35-3)12-10-18/h9-12,17,20-23,31H,4-8,13-16H2,1-3H3,(H,28,32)(H,29,33)/t17?,20-,21+,22+,23?,27?/m1/s1. The molecule has 8 nitrogen and oxygen atoms in total. The van der Waals surface area contributed by atoms with Crippen molar-refractivity contribution in [2.75, 3.05) is 32.1 Å². The second-order valence-corrected chi connectivity index (χ2v) is 11.8. The van der Waals surface area contributed by atoms with Crippen LogP contribution in [0.4, 0.5) is 5.69 Å². The largest absolute Gasteiger partial charge is 0.497 e. The van der Waals surface area contributed by atoms with E-state index in [1.165, 1.54) is 0 Å². The Hall–Kier alpha value is -2.26. The highest BCUT2D eigenvalue weighted by molar-refractivity contribution is 8.02. The number of hydrogen-bond donors (Lipinski definition) is 3. The second kappa shape index (κ2) is 11.4. The van der Waals surface area contributed by atoms with Crippen molar-refractivity contribution in [3.8, 4) is 5.75 Å². The molecule has 3 aliphatic rings. The van der Waals surface area contributed by atoms with Gasteiger partial charge in [-0.3, -0.25) is 14.4 Å². The monoisotopic (exact) mass is 517 g/mol. The van der Waals surface area contributed by atoms with E-state index < -0.39 is 22.6 Å². The van der Waals surface area contributed by atoms with Crippen LogP contribution < -0.4 is 15.4 Å². The first kappa shape index (κ1) is 26.8. The van der Waals surface area contributed by atoms with Crippen molar-refractivity contribution in [2.24, 2.45) is 17.8 Å². The second-order valence-electron chi connectivity index (χ2n) is 10.2. The van der Waals surface area contributed by atoms with Crippen molar-refractivity contribution in [2.45, 2.75) is 68.4 Å². The maximum atomic E-state index is 14.0. The minimum absolute atomic E-state index is 0.0498. The molecule has 1 aromatic rings. The average Bonchev–Trinajstić information content (AvgIpc) is 3.46. The summed E-state index contributed by atoms with van der Waals surface area (Å²) in [6.45, 7) is 5.37. The predicted octanol–water partition coefficient (Wildman–Crippen LogP) is 3.05. The molecular formula is C27H39N3O5S. The number of aliphatic hydroxyl groups excluding tert-OH is 1. The minimum Gasteiger partial charge on any atom is -0.497 e. The van der Waals surface area contributed by atoms with Crippen molar-refractivity contribution in [3.05, 3.63) is 24.3 Å². The number of benzene rings is 1. The molecule has 1 aromatic carbocycles. The Kier molecular flexibility index (Phi) is 8.50. The molecule has 0 saturated carbocycles. The van der Waals surface area contributed by atoms with E-state index in [1.54, 1.807) is 48.0 Å². The van der Waals surface area contributed by atoms with Crippen LogP contribution >= 0.6 is 11.8 Å². The number of thioether (sulfide) groups is 1. The normalized spacial score (nSPS) is 30.4. The van der Waals surface area contributed by atoms with E-state index in [-0.39, 0.29) is 35.5 Å². The first-order chi connectivity index (χ1) is 17.4. The molecular weight excluding hydrogens is 478 g/mol. The molecule has 36 heavy (non-hydrogen) atoms. The molecule has 9 heteroatoms. The fourth-order valence-electron chi connectivity index (χ4n) is 6.36. The van der Waals surface area contributed by atoms with Crippen LogP contribution in [0.25, 0.3) is 0 Å². The summed E-state index contributed by atoms with van der Waals surface area (Å²) in [7, 11) is 1.59. The topological polar surface area (TPSA) is 108 Å². The van der Waals surface area contributed by atoms with E-state index in [0.717, 1.165) is 38.5 Å². The summed E-state index contributed by atoms with van der Waals surface area (Å²) in [4.78, 5) is 42.8. The number of fused-ring (bicyclic) bond motifs is 1. The zero-order chi connectivity index (χ0) is 25.9. The molecule has 3 N–H and O–H groups in total. The molecule has 0 aromatic heterocycles. The summed E-state index contributed by atoms with van der Waals surface area (Å²) in [5.41, 5.74) is 0.651. The third kappa shape index (κ3) is 4.72. The van der Waals surface area contributed by atoms with E-state index in [4.69, 9.17) is 9.84 Å². The Labute approximate surface area is 217 Å². The summed E-state index contributed by atoms with van der Waals surface area (Å²) in [6.07, 6.45) is 4.91. The van der Waals surface area contributed by atoms with Gasteiger partial charge in [0.2, 0.25) is 17.7 Å². The van der Waals surface area contributed by atoms with Gasteiger partial charge >= 0.3 is 0 Å². The fraction of sp³-hybridized carbons (Fsp3) is 0.667. The number of carbonyl (C=O) groups is 3. The molecule has 3 heterocycles. The first-order valence-electron chi connectivity index (χ1n) is 13.2. The molecule has 2 bridgehead atoms. The molecule has 3 saturated heterocycles. The SMILES string of the molecule is CCCNC(=O)[C@@H]1[C@H]2C(=O)N(CCCCCCO)C(C(=O)Nc3ccc(OC)cc3)C23S[C@@H]1CC3C. The van der Waals surface area contributed by atoms with Gasteiger partial charge in [-0.05, 0) is 55.9 Å². The number of ether oxygens (including phenoxy) is 1. The van der Waals surface area contributed by atoms with E-state index in [1.807, 2.05) is 6.92 Å². The molecule has 1 spiro atoms. The van der Waals surface area contributed by atoms with Gasteiger partial charge in [0.25, 0.3) is 0 Å². The minimum atomic E-state index is -0.635. The highest BCUT2D eigenvalue weighted by atomic mass is 32.2. The van der Waals surface area contributed by atoms with Crippen molar-refractivity contribution in [1.82, 2.24) is 10.2 Å². The molecule has 4 rings (SSSR count). The highest BCUT2D eigenvalue weighted by Gasteiger charge is 2.75. The van der Waals surface area contributed by atoms with Crippen molar-refractivity contribution >= 4 is 35.2 Å². The zero-order valence-electron chi connectivity index (χ0n) is 21.5. The first-order valence-corrected chi connectivity index (χ1v) is 14.1. The van der Waals surface area contributed by atoms with Gasteiger partial charge in [0.05, 0.1) is 23.7 Å². The van der Waals surface area contributed by atoms with E-state index in [9.17, 15) is 14.4 Å². The molecule has 3 aliphatic heterocycles. The highest BCUT2D eigenvalue weighted by Crippen LogP contribution is 2.68. The van der Waals surface area contributed by atoms with Crippen LogP contribution in [0.15, 0.2) is 24.3 Å². The third-order valence-electron chi connectivity index (χ3n) is 8.01. The predicted molar refractivity (Wildman–Crippen MR) is 141 cm³/mol. The summed E-state index contributed by atoms with van der Waals surface area (Å²) in [6, 6.07) is 6.55. The van der Waals surface area contributed by atoms with Crippen LogP contribution in [0.2, 0.25) is 0 Å². The van der Waals surface area contributed by atoms with Crippen molar-refractivity contribution in [1.29, 1.82) is 0 Å². The van der Waals surface area contributed by atoms with E-state index in [0.29, 0.717) is 24.5 Å². The molecule has 3 unspecified atom stereocenters. The lowest BCUT2D eigenvalue weighted by Crippen LogP contribution is -2.55. The van der Waals surface area contributed by atoms with Gasteiger partial charge in [-0.1, -0.05) is 26.7 Å². The summed E-state index contributed by atoms with van der Waals surface area (Å²) in [5.74, 6) is -0.362. The van der Waals surface area contributed by atoms with Crippen LogP contribution in [0.1, 0.15) is 52.4 Å². The van der Waals surface area contributed by atoms with Crippen LogP contribution in [-0.4, -0.2) is 70.6 Å². The molecule has 3 amide bonds. The maximum absolute atomic E-state index is 14.0. The van der Waals surface area contributed by atoms with Gasteiger partial charge in [0.1, 0.15) is 11.8 Å². The average molecular weight is 518 g/mol. The number of amides is 3. The Morgan fingerprint density at radius 1 is 1.17 bits per heavy atom. The number of nitrogens with zero attached hydrogens (tertiary/aromatic N) is 1. The number of anilines is 1. The van der Waals surface area contributed by atoms with Gasteiger partial charge in [0, 0.05) is 30.6 Å². The summed E-state index contributed by atoms with van der Waals surface area (Å²) >= 11 is 1.70. The third-order valence-corrected chi connectivity index (χ3v) is 10.1. The van der Waals surface area contributed by atoms with E-state index in [2.05, 4.69) is 17.6 Å². The number of carbonyl (C=O) groups excluding carboxylic acids is 3. The molecule has 0 aliphatic carbocycles. The number of aliphatic hydroxyl groups is 1. The summed E-state index contributed by atoms with van der Waals surface area (Å²) < 4.78 is 4.61. The van der Waals surface area contributed by atoms with Crippen molar-refractivity contribution < 1.29 is 24.2 Å². The summed E-state index contributed by atoms with van der Waals surface area (Å²) in [5, 5.41) is 15.2. The smallest absolute Gasteiger partial charge is 0.248 e. The number of rotatable bonds is 12. The Bertz CT molecular complexity index is 957.